The first-order chi connectivity index (χ1) is 7.97. The van der Waals surface area contributed by atoms with Crippen molar-refractivity contribution < 1.29 is 4.79 Å². The molecule has 3 N–H and O–H groups in total. The van der Waals surface area contributed by atoms with Crippen LogP contribution in [-0.4, -0.2) is 19.2 Å². The smallest absolute Gasteiger partial charge is 0.267 e. The maximum atomic E-state index is 11.4. The van der Waals surface area contributed by atoms with Crippen LogP contribution in [-0.2, 0) is 4.79 Å². The van der Waals surface area contributed by atoms with E-state index in [1.54, 1.807) is 13.0 Å². The lowest BCUT2D eigenvalue weighted by molar-refractivity contribution is -0.117. The molecule has 0 heterocycles. The van der Waals surface area contributed by atoms with Gasteiger partial charge in [-0.15, -0.1) is 0 Å². The Morgan fingerprint density at radius 2 is 1.94 bits per heavy atom. The summed E-state index contributed by atoms with van der Waals surface area (Å²) in [6, 6.07) is 0. The maximum Gasteiger partial charge on any atom is 0.267 e. The van der Waals surface area contributed by atoms with E-state index < -0.39 is 0 Å². The number of aliphatic imine (C=N–C) groups is 1. The first-order valence-electron chi connectivity index (χ1n) is 5.86. The van der Waals surface area contributed by atoms with Crippen molar-refractivity contribution in [2.45, 2.75) is 34.6 Å². The van der Waals surface area contributed by atoms with Gasteiger partial charge in [-0.3, -0.25) is 9.79 Å². The highest BCUT2D eigenvalue weighted by Crippen LogP contribution is 1.95. The first-order valence-corrected chi connectivity index (χ1v) is 5.86. The van der Waals surface area contributed by atoms with Crippen molar-refractivity contribution in [1.82, 2.24) is 5.32 Å². The third-order valence-electron chi connectivity index (χ3n) is 1.69. The van der Waals surface area contributed by atoms with Crippen LogP contribution in [0.2, 0.25) is 0 Å². The van der Waals surface area contributed by atoms with Crippen LogP contribution in [0.5, 0.6) is 0 Å². The predicted molar refractivity (Wildman–Crippen MR) is 74.8 cm³/mol. The highest BCUT2D eigenvalue weighted by Gasteiger charge is 2.03. The number of carbonyl (C=O) groups is 1. The second-order valence-corrected chi connectivity index (χ2v) is 3.69. The summed E-state index contributed by atoms with van der Waals surface area (Å²) in [5, 5.41) is 2.72. The average Bonchev–Trinajstić information content (AvgIpc) is 2.34. The van der Waals surface area contributed by atoms with Crippen LogP contribution >= 0.6 is 0 Å². The lowest BCUT2D eigenvalue weighted by Gasteiger charge is -2.06. The highest BCUT2D eigenvalue weighted by molar-refractivity contribution is 5.92. The van der Waals surface area contributed by atoms with Gasteiger partial charge in [0.1, 0.15) is 0 Å². The number of nitrogens with zero attached hydrogens (tertiary/aromatic N) is 1. The van der Waals surface area contributed by atoms with E-state index in [0.29, 0.717) is 12.5 Å². The summed E-state index contributed by atoms with van der Waals surface area (Å²) in [4.78, 5) is 15.0. The van der Waals surface area contributed by atoms with Crippen LogP contribution in [0, 0.1) is 5.92 Å². The molecule has 4 nitrogen and oxygen atoms in total. The molecule has 0 unspecified atom stereocenters. The zero-order chi connectivity index (χ0) is 13.8. The number of hydrogen-bond acceptors (Lipinski definition) is 3. The van der Waals surface area contributed by atoms with Crippen LogP contribution in [0.25, 0.3) is 0 Å². The molecule has 0 atom stereocenters. The molecule has 0 saturated heterocycles. The largest absolute Gasteiger partial charge is 0.394 e. The average molecular weight is 239 g/mol. The number of allylic oxidation sites excluding steroid dienone is 3. The molecule has 0 aliphatic heterocycles. The highest BCUT2D eigenvalue weighted by atomic mass is 16.1. The van der Waals surface area contributed by atoms with E-state index in [2.05, 4.69) is 17.0 Å². The summed E-state index contributed by atoms with van der Waals surface area (Å²) >= 11 is 0. The van der Waals surface area contributed by atoms with Crippen LogP contribution < -0.4 is 11.1 Å². The molecule has 0 aromatic carbocycles. The summed E-state index contributed by atoms with van der Waals surface area (Å²) in [6.07, 6.45) is 3.18. The van der Waals surface area contributed by atoms with E-state index >= 15 is 0 Å². The van der Waals surface area contributed by atoms with E-state index in [9.17, 15) is 4.79 Å². The molecule has 0 radical (unpaired) electrons. The number of amides is 1. The second kappa shape index (κ2) is 10.9. The summed E-state index contributed by atoms with van der Waals surface area (Å²) in [7, 11) is 0. The number of nitrogens with two attached hydrogens (primary N) is 1. The van der Waals surface area contributed by atoms with E-state index in [-0.39, 0.29) is 11.6 Å². The molecule has 17 heavy (non-hydrogen) atoms. The van der Waals surface area contributed by atoms with Gasteiger partial charge in [-0.25, -0.2) is 0 Å². The number of hydrogen-bond donors (Lipinski definition) is 2. The minimum atomic E-state index is -0.253. The lowest BCUT2D eigenvalue weighted by Crippen LogP contribution is -2.31. The van der Waals surface area contributed by atoms with Crippen LogP contribution in [0.3, 0.4) is 0 Å². The number of rotatable bonds is 5. The summed E-state index contributed by atoms with van der Waals surface area (Å²) in [5.74, 6) is 0.158. The third-order valence-corrected chi connectivity index (χ3v) is 1.69. The van der Waals surface area contributed by atoms with E-state index in [4.69, 9.17) is 5.73 Å². The second-order valence-electron chi connectivity index (χ2n) is 3.69. The molecule has 1 amide bonds. The van der Waals surface area contributed by atoms with Gasteiger partial charge in [0, 0.05) is 12.2 Å². The van der Waals surface area contributed by atoms with Crippen molar-refractivity contribution in [3.8, 4) is 0 Å². The number of carbonyl (C=O) groups excluding carboxylic acids is 1. The molecular weight excluding hydrogens is 214 g/mol. The molecular formula is C13H25N3O. The molecule has 0 aliphatic carbocycles. The molecule has 98 valence electrons. The standard InChI is InChI=1S/C11H19N3O.C2H6/c1-8(2)7-14-11(15)10(12)6-5-9(3)13-4;1-2/h5-6,8H,4,7,12H2,1-3H3,(H,14,15);1-2H3/b9-5-,10-6-;. The van der Waals surface area contributed by atoms with Gasteiger partial charge in [-0.05, 0) is 31.7 Å². The van der Waals surface area contributed by atoms with Crippen LogP contribution in [0.4, 0.5) is 0 Å². The van der Waals surface area contributed by atoms with Gasteiger partial charge >= 0.3 is 0 Å². The van der Waals surface area contributed by atoms with Crippen molar-refractivity contribution >= 4 is 12.6 Å². The van der Waals surface area contributed by atoms with Gasteiger partial charge < -0.3 is 11.1 Å². The van der Waals surface area contributed by atoms with E-state index in [1.165, 1.54) is 6.08 Å². The van der Waals surface area contributed by atoms with Gasteiger partial charge in [0.2, 0.25) is 0 Å². The Morgan fingerprint density at radius 1 is 1.41 bits per heavy atom. The molecule has 0 aliphatic rings. The van der Waals surface area contributed by atoms with E-state index in [0.717, 1.165) is 5.70 Å². The van der Waals surface area contributed by atoms with Crippen molar-refractivity contribution in [1.29, 1.82) is 0 Å². The Kier molecular flexibility index (Phi) is 11.4. The quantitative estimate of drug-likeness (QED) is 0.439. The summed E-state index contributed by atoms with van der Waals surface area (Å²) in [6.45, 7) is 13.8. The van der Waals surface area contributed by atoms with E-state index in [1.807, 2.05) is 27.7 Å². The summed E-state index contributed by atoms with van der Waals surface area (Å²) < 4.78 is 0. The van der Waals surface area contributed by atoms with Gasteiger partial charge in [-0.2, -0.15) is 0 Å². The topological polar surface area (TPSA) is 67.5 Å². The first kappa shape index (κ1) is 17.8. The fourth-order valence-corrected chi connectivity index (χ4v) is 0.738. The Bertz CT molecular complexity index is 291. The zero-order valence-corrected chi connectivity index (χ0v) is 11.6. The van der Waals surface area contributed by atoms with Crippen molar-refractivity contribution in [2.75, 3.05) is 6.54 Å². The van der Waals surface area contributed by atoms with Gasteiger partial charge in [-0.1, -0.05) is 27.7 Å². The van der Waals surface area contributed by atoms with Gasteiger partial charge in [0.05, 0.1) is 5.70 Å². The van der Waals surface area contributed by atoms with Crippen molar-refractivity contribution in [3.63, 3.8) is 0 Å². The predicted octanol–water partition coefficient (Wildman–Crippen LogP) is 2.23. The molecule has 0 bridgehead atoms. The Morgan fingerprint density at radius 3 is 2.35 bits per heavy atom. The summed E-state index contributed by atoms with van der Waals surface area (Å²) in [5.41, 5.74) is 6.45. The Hall–Kier alpha value is -1.58. The molecule has 0 rings (SSSR count). The lowest BCUT2D eigenvalue weighted by atomic mass is 10.2. The molecule has 0 spiro atoms. The molecule has 0 aromatic rings. The van der Waals surface area contributed by atoms with Crippen molar-refractivity contribution in [3.05, 3.63) is 23.5 Å². The van der Waals surface area contributed by atoms with Crippen molar-refractivity contribution in [2.24, 2.45) is 16.6 Å². The minimum absolute atomic E-state index is 0.179. The molecule has 0 saturated carbocycles. The van der Waals surface area contributed by atoms with Gasteiger partial charge in [0.25, 0.3) is 5.91 Å². The SMILES string of the molecule is C=N/C(C)=C\C=C(/N)C(=O)NCC(C)C.CC. The van der Waals surface area contributed by atoms with Crippen LogP contribution in [0.15, 0.2) is 28.5 Å². The minimum Gasteiger partial charge on any atom is -0.394 e. The van der Waals surface area contributed by atoms with Crippen LogP contribution in [0.1, 0.15) is 34.6 Å². The van der Waals surface area contributed by atoms with Gasteiger partial charge in [0.15, 0.2) is 0 Å². The monoisotopic (exact) mass is 239 g/mol. The zero-order valence-electron chi connectivity index (χ0n) is 11.6. The molecule has 0 aromatic heterocycles. The molecule has 0 fully saturated rings. The normalized spacial score (nSPS) is 11.6. The number of nitrogens with one attached hydrogen (secondary N) is 1. The Labute approximate surface area is 105 Å². The fraction of sp³-hybridized carbons (Fsp3) is 0.538. The Balaban J connectivity index is 0. The fourth-order valence-electron chi connectivity index (χ4n) is 0.738. The third kappa shape index (κ3) is 10.7. The molecule has 4 heteroatoms. The maximum absolute atomic E-state index is 11.4.